The summed E-state index contributed by atoms with van der Waals surface area (Å²) in [6, 6.07) is 16.5. The van der Waals surface area contributed by atoms with Crippen molar-refractivity contribution < 1.29 is 4.79 Å². The first-order chi connectivity index (χ1) is 15.1. The Morgan fingerprint density at radius 2 is 1.58 bits per heavy atom. The standard InChI is InChI=1S/C25H30N4OS/c1-19-7-3-5-9-21(19)16-28-11-13-29(14-12-28)17-22-18-31-25(26-22)15-24(30)27-23-10-6-4-8-20(23)2/h3-10,18H,11-17H2,1-2H3,(H,27,30). The highest BCUT2D eigenvalue weighted by Gasteiger charge is 2.19. The summed E-state index contributed by atoms with van der Waals surface area (Å²) in [6.07, 6.45) is 0.323. The molecule has 31 heavy (non-hydrogen) atoms. The van der Waals surface area contributed by atoms with Gasteiger partial charge in [-0.15, -0.1) is 11.3 Å². The van der Waals surface area contributed by atoms with E-state index < -0.39 is 0 Å². The topological polar surface area (TPSA) is 48.5 Å². The minimum absolute atomic E-state index is 0.0139. The van der Waals surface area contributed by atoms with Crippen LogP contribution in [0.25, 0.3) is 0 Å². The Morgan fingerprint density at radius 1 is 0.935 bits per heavy atom. The van der Waals surface area contributed by atoms with Gasteiger partial charge in [-0.25, -0.2) is 4.98 Å². The summed E-state index contributed by atoms with van der Waals surface area (Å²) in [5.74, 6) is -0.0139. The van der Waals surface area contributed by atoms with Gasteiger partial charge >= 0.3 is 0 Å². The Balaban J connectivity index is 1.24. The number of aryl methyl sites for hydroxylation is 2. The first kappa shape index (κ1) is 21.7. The lowest BCUT2D eigenvalue weighted by Crippen LogP contribution is -2.45. The van der Waals surface area contributed by atoms with Crippen molar-refractivity contribution in [1.82, 2.24) is 14.8 Å². The largest absolute Gasteiger partial charge is 0.325 e. The van der Waals surface area contributed by atoms with E-state index in [2.05, 4.69) is 51.7 Å². The molecule has 4 rings (SSSR count). The van der Waals surface area contributed by atoms with Crippen molar-refractivity contribution in [3.8, 4) is 0 Å². The van der Waals surface area contributed by atoms with Crippen molar-refractivity contribution in [2.75, 3.05) is 31.5 Å². The molecule has 2 heterocycles. The number of hydrogen-bond donors (Lipinski definition) is 1. The summed E-state index contributed by atoms with van der Waals surface area (Å²) in [4.78, 5) is 22.1. The van der Waals surface area contributed by atoms with Gasteiger partial charge in [0, 0.05) is 50.3 Å². The number of amides is 1. The maximum absolute atomic E-state index is 12.4. The summed E-state index contributed by atoms with van der Waals surface area (Å²) >= 11 is 1.58. The molecule has 5 nitrogen and oxygen atoms in total. The van der Waals surface area contributed by atoms with E-state index in [0.29, 0.717) is 6.42 Å². The summed E-state index contributed by atoms with van der Waals surface area (Å²) in [7, 11) is 0. The third-order valence-corrected chi connectivity index (χ3v) is 6.73. The predicted molar refractivity (Wildman–Crippen MR) is 127 cm³/mol. The van der Waals surface area contributed by atoms with Gasteiger partial charge in [0.2, 0.25) is 5.91 Å². The molecule has 162 valence electrons. The van der Waals surface area contributed by atoms with Crippen LogP contribution in [0.5, 0.6) is 0 Å². The molecule has 1 N–H and O–H groups in total. The van der Waals surface area contributed by atoms with E-state index in [0.717, 1.165) is 61.2 Å². The third-order valence-electron chi connectivity index (χ3n) is 5.84. The highest BCUT2D eigenvalue weighted by Crippen LogP contribution is 2.18. The molecular formula is C25H30N4OS. The Morgan fingerprint density at radius 3 is 2.29 bits per heavy atom. The number of carbonyl (C=O) groups is 1. The van der Waals surface area contributed by atoms with Gasteiger partial charge in [-0.1, -0.05) is 42.5 Å². The number of nitrogens with zero attached hydrogens (tertiary/aromatic N) is 3. The van der Waals surface area contributed by atoms with Gasteiger partial charge < -0.3 is 5.32 Å². The number of hydrogen-bond acceptors (Lipinski definition) is 5. The van der Waals surface area contributed by atoms with Crippen LogP contribution in [-0.2, 0) is 24.3 Å². The lowest BCUT2D eigenvalue weighted by Gasteiger charge is -2.34. The summed E-state index contributed by atoms with van der Waals surface area (Å²) in [5.41, 5.74) is 5.79. The van der Waals surface area contributed by atoms with E-state index in [1.807, 2.05) is 31.2 Å². The molecule has 0 unspecified atom stereocenters. The van der Waals surface area contributed by atoms with Gasteiger partial charge in [0.05, 0.1) is 12.1 Å². The highest BCUT2D eigenvalue weighted by molar-refractivity contribution is 7.09. The zero-order valence-electron chi connectivity index (χ0n) is 18.3. The van der Waals surface area contributed by atoms with Crippen LogP contribution in [0.3, 0.4) is 0 Å². The lowest BCUT2D eigenvalue weighted by atomic mass is 10.1. The van der Waals surface area contributed by atoms with Gasteiger partial charge in [0.25, 0.3) is 0 Å². The highest BCUT2D eigenvalue weighted by atomic mass is 32.1. The van der Waals surface area contributed by atoms with E-state index in [9.17, 15) is 4.79 Å². The fourth-order valence-corrected chi connectivity index (χ4v) is 4.69. The van der Waals surface area contributed by atoms with Crippen LogP contribution in [0.15, 0.2) is 53.9 Å². The molecule has 0 aliphatic carbocycles. The Labute approximate surface area is 188 Å². The molecule has 0 spiro atoms. The van der Waals surface area contributed by atoms with E-state index in [-0.39, 0.29) is 5.91 Å². The number of anilines is 1. The van der Waals surface area contributed by atoms with E-state index in [1.165, 1.54) is 11.1 Å². The molecule has 1 aliphatic heterocycles. The first-order valence-corrected chi connectivity index (χ1v) is 11.7. The molecule has 1 fully saturated rings. The minimum atomic E-state index is -0.0139. The average molecular weight is 435 g/mol. The summed E-state index contributed by atoms with van der Waals surface area (Å²) in [6.45, 7) is 10.3. The normalized spacial score (nSPS) is 15.2. The van der Waals surface area contributed by atoms with Crippen molar-refractivity contribution in [2.24, 2.45) is 0 Å². The second-order valence-corrected chi connectivity index (χ2v) is 9.19. The van der Waals surface area contributed by atoms with Crippen molar-refractivity contribution in [3.63, 3.8) is 0 Å². The van der Waals surface area contributed by atoms with Gasteiger partial charge in [0.15, 0.2) is 0 Å². The fraction of sp³-hybridized carbons (Fsp3) is 0.360. The van der Waals surface area contributed by atoms with Crippen molar-refractivity contribution in [1.29, 1.82) is 0 Å². The number of aromatic nitrogens is 1. The van der Waals surface area contributed by atoms with Crippen molar-refractivity contribution >= 4 is 22.9 Å². The molecule has 0 bridgehead atoms. The number of piperazine rings is 1. The fourth-order valence-electron chi connectivity index (χ4n) is 3.91. The molecule has 3 aromatic rings. The van der Waals surface area contributed by atoms with E-state index >= 15 is 0 Å². The first-order valence-electron chi connectivity index (χ1n) is 10.8. The van der Waals surface area contributed by atoms with Gasteiger partial charge in [-0.05, 0) is 36.6 Å². The van der Waals surface area contributed by atoms with Crippen LogP contribution < -0.4 is 5.32 Å². The van der Waals surface area contributed by atoms with Crippen LogP contribution in [0.4, 0.5) is 5.69 Å². The van der Waals surface area contributed by atoms with Gasteiger partial charge in [0.1, 0.15) is 5.01 Å². The molecule has 1 aromatic heterocycles. The molecule has 0 atom stereocenters. The Bertz CT molecular complexity index is 1020. The predicted octanol–water partition coefficient (Wildman–Crippen LogP) is 4.26. The van der Waals surface area contributed by atoms with Crippen LogP contribution in [0, 0.1) is 13.8 Å². The lowest BCUT2D eigenvalue weighted by molar-refractivity contribution is -0.115. The molecule has 1 saturated heterocycles. The van der Waals surface area contributed by atoms with Crippen LogP contribution in [-0.4, -0.2) is 46.9 Å². The zero-order valence-corrected chi connectivity index (χ0v) is 19.1. The number of para-hydroxylation sites is 1. The van der Waals surface area contributed by atoms with Gasteiger partial charge in [-0.2, -0.15) is 0 Å². The zero-order chi connectivity index (χ0) is 21.6. The number of rotatable bonds is 7. The number of nitrogens with one attached hydrogen (secondary N) is 1. The maximum atomic E-state index is 12.4. The summed E-state index contributed by atoms with van der Waals surface area (Å²) in [5, 5.41) is 5.96. The molecule has 0 saturated carbocycles. The minimum Gasteiger partial charge on any atom is -0.325 e. The number of thiazole rings is 1. The van der Waals surface area contributed by atoms with E-state index in [4.69, 9.17) is 4.98 Å². The van der Waals surface area contributed by atoms with Crippen LogP contribution in [0.1, 0.15) is 27.4 Å². The van der Waals surface area contributed by atoms with E-state index in [1.54, 1.807) is 11.3 Å². The molecule has 1 aliphatic rings. The van der Waals surface area contributed by atoms with Crippen molar-refractivity contribution in [2.45, 2.75) is 33.4 Å². The number of benzene rings is 2. The maximum Gasteiger partial charge on any atom is 0.231 e. The monoisotopic (exact) mass is 434 g/mol. The Hall–Kier alpha value is -2.54. The third kappa shape index (κ3) is 6.00. The average Bonchev–Trinajstić information content (AvgIpc) is 3.19. The summed E-state index contributed by atoms with van der Waals surface area (Å²) < 4.78 is 0. The SMILES string of the molecule is Cc1ccccc1CN1CCN(Cc2csc(CC(=O)Nc3ccccc3C)n2)CC1. The second kappa shape index (κ2) is 10.2. The quantitative estimate of drug-likeness (QED) is 0.604. The molecule has 6 heteroatoms. The van der Waals surface area contributed by atoms with Crippen LogP contribution in [0.2, 0.25) is 0 Å². The second-order valence-electron chi connectivity index (χ2n) is 8.25. The molecule has 2 aromatic carbocycles. The smallest absolute Gasteiger partial charge is 0.231 e. The number of carbonyl (C=O) groups excluding carboxylic acids is 1. The molecule has 0 radical (unpaired) electrons. The molecule has 1 amide bonds. The Kier molecular flexibility index (Phi) is 7.12. The molecular weight excluding hydrogens is 404 g/mol. The van der Waals surface area contributed by atoms with Crippen LogP contribution >= 0.6 is 11.3 Å². The van der Waals surface area contributed by atoms with Gasteiger partial charge in [-0.3, -0.25) is 14.6 Å². The van der Waals surface area contributed by atoms with Crippen molar-refractivity contribution in [3.05, 3.63) is 81.3 Å².